The van der Waals surface area contributed by atoms with Gasteiger partial charge in [0.15, 0.2) is 6.20 Å². The largest absolute Gasteiger partial charge is 0.469 e. The highest BCUT2D eigenvalue weighted by Crippen LogP contribution is 2.42. The number of phosphoric ester groups is 1. The van der Waals surface area contributed by atoms with Crippen molar-refractivity contribution in [2.45, 2.75) is 31.2 Å². The second kappa shape index (κ2) is 6.24. The van der Waals surface area contributed by atoms with E-state index in [1.807, 2.05) is 0 Å². The van der Waals surface area contributed by atoms with Gasteiger partial charge in [-0.1, -0.05) is 0 Å². The first kappa shape index (κ1) is 16.5. The molecule has 1 aliphatic rings. The number of halogens is 1. The molecule has 5 N–H and O–H groups in total. The maximum atomic E-state index is 14.5. The van der Waals surface area contributed by atoms with Crippen LogP contribution in [0.3, 0.4) is 0 Å². The lowest BCUT2D eigenvalue weighted by molar-refractivity contribution is -0.178. The number of aromatic nitrogens is 2. The van der Waals surface area contributed by atoms with E-state index in [2.05, 4.69) is 4.52 Å². The Morgan fingerprint density at radius 3 is 2.83 bits per heavy atom. The van der Waals surface area contributed by atoms with E-state index in [4.69, 9.17) is 21.0 Å². The number of H-pyrrole nitrogens is 1. The molecular formula is C10H14FN2O9P. The molecule has 0 spiro atoms. The predicted octanol–water partition coefficient (Wildman–Crippen LogP) is -1.92. The summed E-state index contributed by atoms with van der Waals surface area (Å²) in [4.78, 5) is 42.1. The summed E-state index contributed by atoms with van der Waals surface area (Å²) in [7, 11) is -5.03. The van der Waals surface area contributed by atoms with E-state index < -0.39 is 56.9 Å². The molecule has 0 radical (unpaired) electrons. The van der Waals surface area contributed by atoms with Crippen LogP contribution in [0.25, 0.3) is 0 Å². The fourth-order valence-corrected chi connectivity index (χ4v) is 2.30. The van der Waals surface area contributed by atoms with E-state index in [0.29, 0.717) is 10.8 Å². The van der Waals surface area contributed by atoms with Crippen LogP contribution in [0, 0.1) is 0 Å². The molecule has 1 fully saturated rings. The Morgan fingerprint density at radius 1 is 1.61 bits per heavy atom. The SMILES string of the molecule is [2H][C@@]1(n2cc(CO)c(=O)[nH]c2=O)O[C@](F)(COP(=O)(O)O)C[C@H]1O. The van der Waals surface area contributed by atoms with Crippen LogP contribution in [0.4, 0.5) is 4.39 Å². The first-order valence-electron chi connectivity index (χ1n) is 6.64. The van der Waals surface area contributed by atoms with Crippen LogP contribution in [-0.4, -0.2) is 48.1 Å². The summed E-state index contributed by atoms with van der Waals surface area (Å²) in [5.74, 6) is -2.97. The zero-order valence-corrected chi connectivity index (χ0v) is 12.3. The van der Waals surface area contributed by atoms with Crippen LogP contribution in [0.1, 0.15) is 19.6 Å². The van der Waals surface area contributed by atoms with Crippen LogP contribution in [-0.2, 0) is 20.4 Å². The van der Waals surface area contributed by atoms with Crippen LogP contribution in [0.15, 0.2) is 15.8 Å². The van der Waals surface area contributed by atoms with Gasteiger partial charge in [0, 0.05) is 12.6 Å². The molecule has 23 heavy (non-hydrogen) atoms. The van der Waals surface area contributed by atoms with E-state index in [1.165, 1.54) is 0 Å². The number of phosphoric acid groups is 1. The van der Waals surface area contributed by atoms with Gasteiger partial charge in [0.1, 0.15) is 12.7 Å². The van der Waals surface area contributed by atoms with Crippen LogP contribution < -0.4 is 11.2 Å². The van der Waals surface area contributed by atoms with Gasteiger partial charge in [-0.3, -0.25) is 18.9 Å². The van der Waals surface area contributed by atoms with Crippen molar-refractivity contribution in [3.63, 3.8) is 0 Å². The Morgan fingerprint density at radius 2 is 2.26 bits per heavy atom. The van der Waals surface area contributed by atoms with Crippen molar-refractivity contribution in [1.82, 2.24) is 9.55 Å². The van der Waals surface area contributed by atoms with Crippen molar-refractivity contribution < 1.29 is 39.6 Å². The molecule has 1 aromatic rings. The van der Waals surface area contributed by atoms with E-state index in [0.717, 1.165) is 0 Å². The highest BCUT2D eigenvalue weighted by Gasteiger charge is 2.49. The smallest absolute Gasteiger partial charge is 0.391 e. The summed E-state index contributed by atoms with van der Waals surface area (Å²) in [5, 5.41) is 18.9. The van der Waals surface area contributed by atoms with Crippen LogP contribution in [0.2, 0.25) is 0 Å². The van der Waals surface area contributed by atoms with Crippen molar-refractivity contribution in [2.75, 3.05) is 6.61 Å². The lowest BCUT2D eigenvalue weighted by Crippen LogP contribution is -2.37. The van der Waals surface area contributed by atoms with Gasteiger partial charge in [-0.2, -0.15) is 0 Å². The molecule has 13 heteroatoms. The van der Waals surface area contributed by atoms with Crippen LogP contribution >= 0.6 is 7.82 Å². The molecule has 2 rings (SSSR count). The normalized spacial score (nSPS) is 32.0. The average molecular weight is 357 g/mol. The van der Waals surface area contributed by atoms with Gasteiger partial charge in [0.2, 0.25) is 5.85 Å². The zero-order chi connectivity index (χ0) is 18.3. The first-order valence-corrected chi connectivity index (χ1v) is 7.67. The molecule has 1 aromatic heterocycles. The number of ether oxygens (including phenoxy) is 1. The molecule has 3 atom stereocenters. The molecule has 1 aliphatic heterocycles. The molecule has 0 bridgehead atoms. The molecule has 1 saturated heterocycles. The summed E-state index contributed by atoms with van der Waals surface area (Å²) < 4.78 is 42.1. The van der Waals surface area contributed by atoms with Crippen LogP contribution in [0.5, 0.6) is 0 Å². The highest BCUT2D eigenvalue weighted by atomic mass is 31.2. The standard InChI is InChI=1S/C10H14FN2O9P/c11-10(4-21-23(18,19)20)1-6(15)8(22-10)13-2-5(3-14)7(16)12-9(13)17/h2,6,8,14-15H,1,3-4H2,(H,12,16,17)(H2,18,19,20)/t6-,8-,10+/m1/s1/i8D. The minimum absolute atomic E-state index is 0.347. The highest BCUT2D eigenvalue weighted by molar-refractivity contribution is 7.46. The summed E-state index contributed by atoms with van der Waals surface area (Å²) in [6, 6.07) is 0. The summed E-state index contributed by atoms with van der Waals surface area (Å²) in [5.41, 5.74) is -2.50. The van der Waals surface area contributed by atoms with Gasteiger partial charge in [-0.15, -0.1) is 0 Å². The molecule has 11 nitrogen and oxygen atoms in total. The van der Waals surface area contributed by atoms with Crippen molar-refractivity contribution >= 4 is 7.82 Å². The third-order valence-electron chi connectivity index (χ3n) is 2.94. The quantitative estimate of drug-likeness (QED) is 0.377. The minimum Gasteiger partial charge on any atom is -0.391 e. The Kier molecular flexibility index (Phi) is 4.47. The summed E-state index contributed by atoms with van der Waals surface area (Å²) >= 11 is 0. The third kappa shape index (κ3) is 4.12. The maximum absolute atomic E-state index is 14.5. The number of nitrogens with zero attached hydrogens (tertiary/aromatic N) is 1. The number of alkyl halides is 1. The van der Waals surface area contributed by atoms with Crippen molar-refractivity contribution in [3.8, 4) is 0 Å². The van der Waals surface area contributed by atoms with Gasteiger partial charge >= 0.3 is 13.5 Å². The molecule has 0 unspecified atom stereocenters. The maximum Gasteiger partial charge on any atom is 0.469 e. The number of aliphatic hydroxyl groups excluding tert-OH is 2. The fraction of sp³-hybridized carbons (Fsp3) is 0.600. The predicted molar refractivity (Wildman–Crippen MR) is 69.8 cm³/mol. The third-order valence-corrected chi connectivity index (χ3v) is 3.41. The molecule has 130 valence electrons. The van der Waals surface area contributed by atoms with E-state index in [9.17, 15) is 23.7 Å². The average Bonchev–Trinajstić information content (AvgIpc) is 2.67. The van der Waals surface area contributed by atoms with E-state index in [-0.39, 0.29) is 5.56 Å². The Hall–Kier alpha value is -1.40. The van der Waals surface area contributed by atoms with Gasteiger partial charge < -0.3 is 24.7 Å². The molecular weight excluding hydrogens is 342 g/mol. The van der Waals surface area contributed by atoms with Crippen molar-refractivity contribution in [2.24, 2.45) is 0 Å². The van der Waals surface area contributed by atoms with E-state index >= 15 is 0 Å². The van der Waals surface area contributed by atoms with Crippen molar-refractivity contribution in [1.29, 1.82) is 0 Å². The van der Waals surface area contributed by atoms with Gasteiger partial charge in [-0.25, -0.2) is 13.8 Å². The number of hydrogen-bond donors (Lipinski definition) is 5. The Bertz CT molecular complexity index is 793. The Labute approximate surface area is 128 Å². The lowest BCUT2D eigenvalue weighted by atomic mass is 10.2. The molecule has 0 saturated carbocycles. The molecule has 2 heterocycles. The second-order valence-electron chi connectivity index (χ2n) is 4.75. The summed E-state index contributed by atoms with van der Waals surface area (Å²) in [6.07, 6.45) is -4.92. The number of nitrogens with one attached hydrogen (secondary N) is 1. The Balaban J connectivity index is 2.39. The lowest BCUT2D eigenvalue weighted by Gasteiger charge is -2.21. The topological polar surface area (TPSA) is 171 Å². The second-order valence-corrected chi connectivity index (χ2v) is 5.99. The number of rotatable bonds is 5. The first-order chi connectivity index (χ1) is 10.9. The number of hydrogen-bond acceptors (Lipinski definition) is 7. The number of aromatic amines is 1. The van der Waals surface area contributed by atoms with Gasteiger partial charge in [0.05, 0.1) is 13.5 Å². The summed E-state index contributed by atoms with van der Waals surface area (Å²) in [6.45, 7) is -2.11. The zero-order valence-electron chi connectivity index (χ0n) is 12.4. The molecule has 0 amide bonds. The van der Waals surface area contributed by atoms with Crippen molar-refractivity contribution in [3.05, 3.63) is 32.6 Å². The molecule has 0 aliphatic carbocycles. The minimum atomic E-state index is -5.03. The van der Waals surface area contributed by atoms with Gasteiger partial charge in [-0.05, 0) is 0 Å². The van der Waals surface area contributed by atoms with Gasteiger partial charge in [0.25, 0.3) is 5.56 Å². The fourth-order valence-electron chi connectivity index (χ4n) is 1.94. The monoisotopic (exact) mass is 357 g/mol. The number of aliphatic hydroxyl groups is 2. The van der Waals surface area contributed by atoms with E-state index in [1.54, 1.807) is 4.98 Å². The molecule has 0 aromatic carbocycles.